The molecule has 1 aromatic heterocycles. The Hall–Kier alpha value is -2.54. The topological polar surface area (TPSA) is 24.9 Å². The summed E-state index contributed by atoms with van der Waals surface area (Å²) < 4.78 is 53.4. The van der Waals surface area contributed by atoms with Crippen LogP contribution in [0.5, 0.6) is 0 Å². The fraction of sp³-hybridized carbons (Fsp3) is 0.238. The first-order chi connectivity index (χ1) is 13.2. The van der Waals surface area contributed by atoms with Crippen LogP contribution in [0.2, 0.25) is 0 Å². The lowest BCUT2D eigenvalue weighted by atomic mass is 9.89. The third-order valence-electron chi connectivity index (χ3n) is 4.37. The molecule has 0 spiro atoms. The van der Waals surface area contributed by atoms with Gasteiger partial charge in [-0.05, 0) is 31.0 Å². The molecule has 3 aromatic rings. The van der Waals surface area contributed by atoms with Crippen LogP contribution in [0.15, 0.2) is 60.8 Å². The van der Waals surface area contributed by atoms with Crippen molar-refractivity contribution in [3.8, 4) is 0 Å². The van der Waals surface area contributed by atoms with E-state index in [1.807, 2.05) is 6.07 Å². The van der Waals surface area contributed by atoms with Crippen molar-refractivity contribution in [2.24, 2.45) is 0 Å². The number of rotatable bonds is 5. The molecule has 28 heavy (non-hydrogen) atoms. The highest BCUT2D eigenvalue weighted by Gasteiger charge is 2.40. The monoisotopic (exact) mass is 406 g/mol. The average Bonchev–Trinajstić information content (AvgIpc) is 2.60. The molecule has 0 aliphatic carbocycles. The maximum atomic E-state index is 13.8. The Morgan fingerprint density at radius 1 is 1.07 bits per heavy atom. The van der Waals surface area contributed by atoms with E-state index in [0.29, 0.717) is 10.9 Å². The van der Waals surface area contributed by atoms with Crippen LogP contribution in [-0.2, 0) is 6.42 Å². The Morgan fingerprint density at radius 2 is 1.79 bits per heavy atom. The summed E-state index contributed by atoms with van der Waals surface area (Å²) in [6, 6.07) is 15.1. The minimum atomic E-state index is -4.36. The minimum absolute atomic E-state index is 0.140. The van der Waals surface area contributed by atoms with Crippen LogP contribution in [0.25, 0.3) is 10.9 Å². The molecule has 0 bridgehead atoms. The van der Waals surface area contributed by atoms with E-state index in [0.717, 1.165) is 5.56 Å². The maximum Gasteiger partial charge on any atom is 0.391 e. The normalized spacial score (nSPS) is 13.9. The average molecular weight is 406 g/mol. The fourth-order valence-corrected chi connectivity index (χ4v) is 3.59. The van der Waals surface area contributed by atoms with Gasteiger partial charge in [-0.2, -0.15) is 13.2 Å². The summed E-state index contributed by atoms with van der Waals surface area (Å²) in [5, 5.41) is 3.40. The standard InChI is InChI=1S/C21H18F4N2S/c1-20(13-21(23,24)25,11-14-6-3-2-4-7-14)27-19(28)16-10-15-8-5-9-17(22)18(15)26-12-16/h2-10,12H,11,13H2,1H3,(H,27,28). The molecule has 2 nitrogen and oxygen atoms in total. The summed E-state index contributed by atoms with van der Waals surface area (Å²) >= 11 is 5.36. The van der Waals surface area contributed by atoms with Crippen LogP contribution in [-0.4, -0.2) is 21.7 Å². The van der Waals surface area contributed by atoms with Crippen LogP contribution >= 0.6 is 12.2 Å². The zero-order valence-corrected chi connectivity index (χ0v) is 15.9. The second kappa shape index (κ2) is 7.83. The number of fused-ring (bicyclic) bond motifs is 1. The van der Waals surface area contributed by atoms with Crippen molar-refractivity contribution in [2.75, 3.05) is 0 Å². The molecule has 0 fully saturated rings. The number of aromatic nitrogens is 1. The molecule has 2 aromatic carbocycles. The van der Waals surface area contributed by atoms with Crippen molar-refractivity contribution >= 4 is 28.1 Å². The van der Waals surface area contributed by atoms with E-state index in [1.54, 1.807) is 42.5 Å². The van der Waals surface area contributed by atoms with Crippen LogP contribution < -0.4 is 5.32 Å². The molecular weight excluding hydrogens is 388 g/mol. The molecule has 1 atom stereocenters. The van der Waals surface area contributed by atoms with E-state index < -0.39 is 24.0 Å². The quantitative estimate of drug-likeness (QED) is 0.441. The third kappa shape index (κ3) is 5.04. The lowest BCUT2D eigenvalue weighted by Crippen LogP contribution is -2.50. The van der Waals surface area contributed by atoms with E-state index in [1.165, 1.54) is 19.2 Å². The van der Waals surface area contributed by atoms with Gasteiger partial charge in [-0.1, -0.05) is 54.7 Å². The van der Waals surface area contributed by atoms with Crippen molar-refractivity contribution in [1.82, 2.24) is 10.3 Å². The molecule has 7 heteroatoms. The van der Waals surface area contributed by atoms with E-state index >= 15 is 0 Å². The van der Waals surface area contributed by atoms with Gasteiger partial charge >= 0.3 is 6.18 Å². The predicted octanol–water partition coefficient (Wildman–Crippen LogP) is 5.59. The fourth-order valence-electron chi connectivity index (χ4n) is 3.23. The molecule has 1 N–H and O–H groups in total. The van der Waals surface area contributed by atoms with Crippen LogP contribution in [0.3, 0.4) is 0 Å². The highest BCUT2D eigenvalue weighted by molar-refractivity contribution is 7.80. The number of halogens is 4. The first-order valence-corrected chi connectivity index (χ1v) is 9.04. The van der Waals surface area contributed by atoms with E-state index in [9.17, 15) is 17.6 Å². The number of pyridine rings is 1. The summed E-state index contributed by atoms with van der Waals surface area (Å²) in [6.07, 6.45) is -3.90. The molecule has 0 amide bonds. The Balaban J connectivity index is 1.88. The number of thiocarbonyl (C=S) groups is 1. The lowest BCUT2D eigenvalue weighted by molar-refractivity contribution is -0.147. The maximum absolute atomic E-state index is 13.8. The van der Waals surface area contributed by atoms with E-state index in [4.69, 9.17) is 12.2 Å². The van der Waals surface area contributed by atoms with Crippen molar-refractivity contribution in [1.29, 1.82) is 0 Å². The molecule has 1 heterocycles. The van der Waals surface area contributed by atoms with Gasteiger partial charge in [-0.15, -0.1) is 0 Å². The Bertz CT molecular complexity index is 989. The zero-order chi connectivity index (χ0) is 20.4. The molecule has 0 saturated carbocycles. The van der Waals surface area contributed by atoms with Gasteiger partial charge in [0.15, 0.2) is 0 Å². The molecule has 0 aliphatic heterocycles. The number of nitrogens with zero attached hydrogens (tertiary/aromatic N) is 1. The van der Waals surface area contributed by atoms with Gasteiger partial charge < -0.3 is 5.32 Å². The molecule has 146 valence electrons. The Labute approximate surface area is 165 Å². The number of nitrogens with one attached hydrogen (secondary N) is 1. The Morgan fingerprint density at radius 3 is 2.46 bits per heavy atom. The predicted molar refractivity (Wildman–Crippen MR) is 106 cm³/mol. The second-order valence-electron chi connectivity index (χ2n) is 7.00. The summed E-state index contributed by atoms with van der Waals surface area (Å²) in [7, 11) is 0. The van der Waals surface area contributed by atoms with Gasteiger partial charge in [0, 0.05) is 22.7 Å². The summed E-state index contributed by atoms with van der Waals surface area (Å²) in [4.78, 5) is 4.21. The number of hydrogen-bond donors (Lipinski definition) is 1. The van der Waals surface area contributed by atoms with E-state index in [2.05, 4.69) is 10.3 Å². The van der Waals surface area contributed by atoms with Crippen molar-refractivity contribution in [3.05, 3.63) is 77.7 Å². The lowest BCUT2D eigenvalue weighted by Gasteiger charge is -2.33. The van der Waals surface area contributed by atoms with Gasteiger partial charge in [0.1, 0.15) is 16.3 Å². The van der Waals surface area contributed by atoms with Crippen LogP contribution in [0.4, 0.5) is 17.6 Å². The first-order valence-electron chi connectivity index (χ1n) is 8.63. The largest absolute Gasteiger partial charge is 0.391 e. The van der Waals surface area contributed by atoms with Gasteiger partial charge in [0.05, 0.1) is 6.42 Å². The number of hydrogen-bond acceptors (Lipinski definition) is 2. The SMILES string of the molecule is CC(Cc1ccccc1)(CC(F)(F)F)NC(=S)c1cnc2c(F)cccc2c1. The van der Waals surface area contributed by atoms with Gasteiger partial charge in [-0.3, -0.25) is 4.98 Å². The van der Waals surface area contributed by atoms with Gasteiger partial charge in [0.25, 0.3) is 0 Å². The molecule has 3 rings (SSSR count). The summed E-state index contributed by atoms with van der Waals surface area (Å²) in [5.41, 5.74) is 0.0577. The molecular formula is C21H18F4N2S. The molecule has 0 saturated heterocycles. The highest BCUT2D eigenvalue weighted by Crippen LogP contribution is 2.30. The summed E-state index contributed by atoms with van der Waals surface area (Å²) in [6.45, 7) is 1.49. The zero-order valence-electron chi connectivity index (χ0n) is 15.1. The Kier molecular flexibility index (Phi) is 5.65. The minimum Gasteiger partial charge on any atom is -0.370 e. The summed E-state index contributed by atoms with van der Waals surface area (Å²) in [5.74, 6) is -0.464. The van der Waals surface area contributed by atoms with Crippen molar-refractivity contribution in [2.45, 2.75) is 31.5 Å². The van der Waals surface area contributed by atoms with Crippen LogP contribution in [0.1, 0.15) is 24.5 Å². The first kappa shape index (κ1) is 20.2. The molecule has 0 radical (unpaired) electrons. The van der Waals surface area contributed by atoms with Crippen molar-refractivity contribution < 1.29 is 17.6 Å². The van der Waals surface area contributed by atoms with Gasteiger partial charge in [0.2, 0.25) is 0 Å². The third-order valence-corrected chi connectivity index (χ3v) is 4.70. The molecule has 0 aliphatic rings. The van der Waals surface area contributed by atoms with Crippen LogP contribution in [0, 0.1) is 5.82 Å². The van der Waals surface area contributed by atoms with E-state index in [-0.39, 0.29) is 16.9 Å². The van der Waals surface area contributed by atoms with Gasteiger partial charge in [-0.25, -0.2) is 4.39 Å². The highest BCUT2D eigenvalue weighted by atomic mass is 32.1. The van der Waals surface area contributed by atoms with Crippen molar-refractivity contribution in [3.63, 3.8) is 0 Å². The number of para-hydroxylation sites is 1. The second-order valence-corrected chi connectivity index (χ2v) is 7.41. The number of alkyl halides is 3. The number of benzene rings is 2. The smallest absolute Gasteiger partial charge is 0.370 e. The molecule has 1 unspecified atom stereocenters.